The van der Waals surface area contributed by atoms with Gasteiger partial charge in [-0.25, -0.2) is 0 Å². The lowest BCUT2D eigenvalue weighted by molar-refractivity contribution is 0.0923. The number of nitrogens with two attached hydrogens (primary N) is 1. The van der Waals surface area contributed by atoms with E-state index in [1.807, 2.05) is 0 Å². The summed E-state index contributed by atoms with van der Waals surface area (Å²) < 4.78 is 0. The summed E-state index contributed by atoms with van der Waals surface area (Å²) in [6, 6.07) is 0.578. The molecular weight excluding hydrogens is 162 g/mol. The van der Waals surface area contributed by atoms with E-state index < -0.39 is 0 Å². The summed E-state index contributed by atoms with van der Waals surface area (Å²) >= 11 is 0. The second-order valence-electron chi connectivity index (χ2n) is 4.39. The molecule has 1 rings (SSSR count). The van der Waals surface area contributed by atoms with Crippen LogP contribution in [0.2, 0.25) is 0 Å². The quantitative estimate of drug-likeness (QED) is 0.682. The summed E-state index contributed by atoms with van der Waals surface area (Å²) in [6.45, 7) is 10.0. The minimum atomic E-state index is 0.578. The average Bonchev–Trinajstić information content (AvgIpc) is 2.09. The Morgan fingerprint density at radius 3 is 2.08 bits per heavy atom. The molecule has 13 heavy (non-hydrogen) atoms. The van der Waals surface area contributed by atoms with Crippen LogP contribution in [0.5, 0.6) is 0 Å². The van der Waals surface area contributed by atoms with Gasteiger partial charge in [-0.2, -0.15) is 0 Å². The van der Waals surface area contributed by atoms with Crippen LogP contribution in [0.1, 0.15) is 13.8 Å². The van der Waals surface area contributed by atoms with Crippen LogP contribution in [0.3, 0.4) is 0 Å². The SMILES string of the molecule is CC(C)[C@@H](CN)N1CCN(C)CC1. The van der Waals surface area contributed by atoms with Crippen LogP contribution in [0, 0.1) is 5.92 Å². The molecule has 0 amide bonds. The number of nitrogens with zero attached hydrogens (tertiary/aromatic N) is 2. The smallest absolute Gasteiger partial charge is 0.0242 e. The molecule has 0 radical (unpaired) electrons. The number of likely N-dealkylation sites (N-methyl/N-ethyl adjacent to an activating group) is 1. The molecule has 0 aromatic rings. The van der Waals surface area contributed by atoms with Crippen molar-refractivity contribution < 1.29 is 0 Å². The van der Waals surface area contributed by atoms with E-state index >= 15 is 0 Å². The van der Waals surface area contributed by atoms with Crippen LogP contribution in [-0.2, 0) is 0 Å². The summed E-state index contributed by atoms with van der Waals surface area (Å²) in [5, 5.41) is 0. The fourth-order valence-electron chi connectivity index (χ4n) is 2.00. The second-order valence-corrected chi connectivity index (χ2v) is 4.39. The molecule has 0 aliphatic carbocycles. The number of hydrogen-bond acceptors (Lipinski definition) is 3. The summed E-state index contributed by atoms with van der Waals surface area (Å²) in [4.78, 5) is 4.91. The molecule has 1 aliphatic heterocycles. The molecule has 1 atom stereocenters. The van der Waals surface area contributed by atoms with Crippen LogP contribution in [0.25, 0.3) is 0 Å². The maximum atomic E-state index is 5.78. The van der Waals surface area contributed by atoms with Gasteiger partial charge < -0.3 is 10.6 Å². The molecule has 78 valence electrons. The average molecular weight is 185 g/mol. The van der Waals surface area contributed by atoms with Crippen molar-refractivity contribution in [2.45, 2.75) is 19.9 Å². The molecule has 1 aliphatic rings. The highest BCUT2D eigenvalue weighted by atomic mass is 15.3. The maximum Gasteiger partial charge on any atom is 0.0242 e. The Morgan fingerprint density at radius 2 is 1.69 bits per heavy atom. The Hall–Kier alpha value is -0.120. The maximum absolute atomic E-state index is 5.78. The van der Waals surface area contributed by atoms with E-state index in [0.29, 0.717) is 12.0 Å². The largest absolute Gasteiger partial charge is 0.329 e. The van der Waals surface area contributed by atoms with Crippen molar-refractivity contribution in [2.75, 3.05) is 39.8 Å². The van der Waals surface area contributed by atoms with Gasteiger partial charge in [0.2, 0.25) is 0 Å². The van der Waals surface area contributed by atoms with Gasteiger partial charge in [0.05, 0.1) is 0 Å². The summed E-state index contributed by atoms with van der Waals surface area (Å²) in [7, 11) is 2.18. The van der Waals surface area contributed by atoms with Gasteiger partial charge in [-0.05, 0) is 13.0 Å². The molecule has 3 heteroatoms. The summed E-state index contributed by atoms with van der Waals surface area (Å²) in [5.74, 6) is 0.674. The van der Waals surface area contributed by atoms with Gasteiger partial charge in [0.15, 0.2) is 0 Å². The van der Waals surface area contributed by atoms with Crippen molar-refractivity contribution in [3.8, 4) is 0 Å². The summed E-state index contributed by atoms with van der Waals surface area (Å²) in [5.41, 5.74) is 5.78. The highest BCUT2D eigenvalue weighted by Crippen LogP contribution is 2.11. The lowest BCUT2D eigenvalue weighted by atomic mass is 10.0. The molecule has 2 N–H and O–H groups in total. The Morgan fingerprint density at radius 1 is 1.15 bits per heavy atom. The van der Waals surface area contributed by atoms with Crippen LogP contribution < -0.4 is 5.73 Å². The monoisotopic (exact) mass is 185 g/mol. The highest BCUT2D eigenvalue weighted by Gasteiger charge is 2.23. The van der Waals surface area contributed by atoms with Crippen LogP contribution in [0.15, 0.2) is 0 Å². The number of piperazine rings is 1. The first-order valence-electron chi connectivity index (χ1n) is 5.27. The lowest BCUT2D eigenvalue weighted by Gasteiger charge is -2.39. The van der Waals surface area contributed by atoms with Crippen molar-refractivity contribution in [3.63, 3.8) is 0 Å². The first kappa shape index (κ1) is 11.0. The first-order chi connectivity index (χ1) is 6.15. The normalized spacial score (nSPS) is 23.8. The van der Waals surface area contributed by atoms with Crippen LogP contribution in [0.4, 0.5) is 0 Å². The Kier molecular flexibility index (Phi) is 4.16. The van der Waals surface area contributed by atoms with E-state index in [-0.39, 0.29) is 0 Å². The van der Waals surface area contributed by atoms with Crippen LogP contribution in [-0.4, -0.2) is 55.6 Å². The van der Waals surface area contributed by atoms with E-state index in [0.717, 1.165) is 6.54 Å². The Labute approximate surface area is 81.9 Å². The Bertz CT molecular complexity index is 139. The third-order valence-corrected chi connectivity index (χ3v) is 3.02. The Balaban J connectivity index is 2.41. The third-order valence-electron chi connectivity index (χ3n) is 3.02. The molecule has 1 saturated heterocycles. The predicted molar refractivity (Wildman–Crippen MR) is 56.8 cm³/mol. The molecule has 0 unspecified atom stereocenters. The van der Waals surface area contributed by atoms with Crippen molar-refractivity contribution in [1.29, 1.82) is 0 Å². The molecule has 0 bridgehead atoms. The van der Waals surface area contributed by atoms with E-state index in [1.54, 1.807) is 0 Å². The zero-order chi connectivity index (χ0) is 9.84. The molecule has 3 nitrogen and oxygen atoms in total. The number of rotatable bonds is 3. The molecule has 1 heterocycles. The zero-order valence-electron chi connectivity index (χ0n) is 9.16. The highest BCUT2D eigenvalue weighted by molar-refractivity contribution is 4.79. The number of hydrogen-bond donors (Lipinski definition) is 1. The van der Waals surface area contributed by atoms with Gasteiger partial charge in [0.1, 0.15) is 0 Å². The predicted octanol–water partition coefficient (Wildman–Crippen LogP) is 0.217. The van der Waals surface area contributed by atoms with E-state index in [1.165, 1.54) is 26.2 Å². The topological polar surface area (TPSA) is 32.5 Å². The van der Waals surface area contributed by atoms with Crippen molar-refractivity contribution >= 4 is 0 Å². The van der Waals surface area contributed by atoms with Gasteiger partial charge in [0, 0.05) is 38.8 Å². The van der Waals surface area contributed by atoms with Crippen molar-refractivity contribution in [1.82, 2.24) is 9.80 Å². The standard InChI is InChI=1S/C10H23N3/c1-9(2)10(8-11)13-6-4-12(3)5-7-13/h9-10H,4-8,11H2,1-3H3/t10-/m1/s1. The zero-order valence-corrected chi connectivity index (χ0v) is 9.16. The molecule has 1 fully saturated rings. The van der Waals surface area contributed by atoms with Gasteiger partial charge in [-0.15, -0.1) is 0 Å². The first-order valence-corrected chi connectivity index (χ1v) is 5.27. The van der Waals surface area contributed by atoms with E-state index in [2.05, 4.69) is 30.7 Å². The van der Waals surface area contributed by atoms with Crippen molar-refractivity contribution in [3.05, 3.63) is 0 Å². The third kappa shape index (κ3) is 2.93. The second kappa shape index (κ2) is 4.94. The fraction of sp³-hybridized carbons (Fsp3) is 1.00. The lowest BCUT2D eigenvalue weighted by Crippen LogP contribution is -2.53. The van der Waals surface area contributed by atoms with Gasteiger partial charge >= 0.3 is 0 Å². The molecule has 0 spiro atoms. The molecule has 0 saturated carbocycles. The molecule has 0 aromatic carbocycles. The minimum Gasteiger partial charge on any atom is -0.329 e. The molecule has 0 aromatic heterocycles. The van der Waals surface area contributed by atoms with Crippen molar-refractivity contribution in [2.24, 2.45) is 11.7 Å². The van der Waals surface area contributed by atoms with Gasteiger partial charge in [0.25, 0.3) is 0 Å². The minimum absolute atomic E-state index is 0.578. The van der Waals surface area contributed by atoms with E-state index in [9.17, 15) is 0 Å². The van der Waals surface area contributed by atoms with Gasteiger partial charge in [-0.3, -0.25) is 4.90 Å². The summed E-state index contributed by atoms with van der Waals surface area (Å²) in [6.07, 6.45) is 0. The van der Waals surface area contributed by atoms with Crippen LogP contribution >= 0.6 is 0 Å². The fourth-order valence-corrected chi connectivity index (χ4v) is 2.00. The molecular formula is C10H23N3. The van der Waals surface area contributed by atoms with E-state index in [4.69, 9.17) is 5.73 Å². The van der Waals surface area contributed by atoms with Gasteiger partial charge in [-0.1, -0.05) is 13.8 Å².